The molecule has 0 unspecified atom stereocenters. The molecular weight excluding hydrogens is 485 g/mol. The number of carbonyl (C=O) groups is 2. The zero-order valence-corrected chi connectivity index (χ0v) is 19.6. The molecule has 3 aromatic carbocycles. The molecule has 3 rings (SSSR count). The summed E-state index contributed by atoms with van der Waals surface area (Å²) < 4.78 is 14.0. The van der Waals surface area contributed by atoms with Gasteiger partial charge in [0.05, 0.1) is 0 Å². The van der Waals surface area contributed by atoms with Gasteiger partial charge in [0, 0.05) is 23.0 Å². The molecule has 0 atom stereocenters. The standard InChI is InChI=1S/C27H25BrFNO3/c28-23-5-3-4-22(18-23)25(6-1-2-7-26(31)32)20-10-8-19(9-11-20)16-17-30-27(33)21-12-14-24(29)15-13-21/h3-6,8-15,18H,1-2,7,16-17H2,(H,30,33)(H,31,32)/b25-6+. The van der Waals surface area contributed by atoms with Crippen LogP contribution in [0.2, 0.25) is 0 Å². The number of carboxylic acids is 1. The van der Waals surface area contributed by atoms with Crippen molar-refractivity contribution < 1.29 is 19.1 Å². The highest BCUT2D eigenvalue weighted by molar-refractivity contribution is 9.10. The van der Waals surface area contributed by atoms with Crippen LogP contribution in [0.1, 0.15) is 46.3 Å². The molecule has 0 saturated carbocycles. The minimum atomic E-state index is -0.789. The van der Waals surface area contributed by atoms with Crippen molar-refractivity contribution in [3.63, 3.8) is 0 Å². The molecule has 4 nitrogen and oxygen atoms in total. The van der Waals surface area contributed by atoms with Crippen molar-refractivity contribution in [3.05, 3.63) is 111 Å². The molecule has 0 aromatic heterocycles. The SMILES string of the molecule is O=C(O)CCC/C=C(\c1ccc(CCNC(=O)c2ccc(F)cc2)cc1)c1cccc(Br)c1. The van der Waals surface area contributed by atoms with Crippen molar-refractivity contribution in [2.24, 2.45) is 0 Å². The van der Waals surface area contributed by atoms with Gasteiger partial charge >= 0.3 is 5.97 Å². The van der Waals surface area contributed by atoms with Crippen LogP contribution < -0.4 is 5.32 Å². The van der Waals surface area contributed by atoms with Crippen molar-refractivity contribution in [3.8, 4) is 0 Å². The van der Waals surface area contributed by atoms with Crippen molar-refractivity contribution in [1.82, 2.24) is 5.32 Å². The molecule has 0 spiro atoms. The van der Waals surface area contributed by atoms with Gasteiger partial charge in [-0.1, -0.05) is 58.4 Å². The van der Waals surface area contributed by atoms with E-state index in [1.165, 1.54) is 24.3 Å². The van der Waals surface area contributed by atoms with Crippen LogP contribution in [0.4, 0.5) is 4.39 Å². The normalized spacial score (nSPS) is 11.3. The van der Waals surface area contributed by atoms with Crippen LogP contribution in [0.5, 0.6) is 0 Å². The Morgan fingerprint density at radius 1 is 0.939 bits per heavy atom. The first kappa shape index (κ1) is 24.4. The Hall–Kier alpha value is -3.25. The van der Waals surface area contributed by atoms with Gasteiger partial charge in [-0.3, -0.25) is 9.59 Å². The number of nitrogens with one attached hydrogen (secondary N) is 1. The Labute approximate surface area is 201 Å². The van der Waals surface area contributed by atoms with E-state index < -0.39 is 5.97 Å². The first-order chi connectivity index (χ1) is 15.9. The van der Waals surface area contributed by atoms with Gasteiger partial charge in [-0.25, -0.2) is 4.39 Å². The molecule has 0 radical (unpaired) electrons. The molecule has 0 aliphatic rings. The van der Waals surface area contributed by atoms with Gasteiger partial charge in [0.25, 0.3) is 5.91 Å². The summed E-state index contributed by atoms with van der Waals surface area (Å²) in [5, 5.41) is 11.7. The number of allylic oxidation sites excluding steroid dienone is 1. The van der Waals surface area contributed by atoms with Gasteiger partial charge in [0.1, 0.15) is 5.82 Å². The van der Waals surface area contributed by atoms with Crippen LogP contribution in [-0.4, -0.2) is 23.5 Å². The minimum absolute atomic E-state index is 0.144. The lowest BCUT2D eigenvalue weighted by molar-refractivity contribution is -0.137. The number of benzene rings is 3. The Balaban J connectivity index is 1.65. The van der Waals surface area contributed by atoms with Gasteiger partial charge in [-0.2, -0.15) is 0 Å². The zero-order chi connectivity index (χ0) is 23.6. The molecule has 3 aromatic rings. The van der Waals surface area contributed by atoms with Crippen molar-refractivity contribution in [2.75, 3.05) is 6.54 Å². The van der Waals surface area contributed by atoms with Gasteiger partial charge in [-0.05, 0) is 77.9 Å². The summed E-state index contributed by atoms with van der Waals surface area (Å²) in [6.45, 7) is 0.471. The van der Waals surface area contributed by atoms with E-state index in [0.29, 0.717) is 31.4 Å². The average Bonchev–Trinajstić information content (AvgIpc) is 2.80. The van der Waals surface area contributed by atoms with Crippen molar-refractivity contribution in [1.29, 1.82) is 0 Å². The summed E-state index contributed by atoms with van der Waals surface area (Å²) in [6.07, 6.45) is 4.15. The fraction of sp³-hybridized carbons (Fsp3) is 0.185. The number of hydrogen-bond donors (Lipinski definition) is 2. The molecule has 33 heavy (non-hydrogen) atoms. The van der Waals surface area contributed by atoms with Crippen LogP contribution in [-0.2, 0) is 11.2 Å². The molecule has 0 heterocycles. The second kappa shape index (κ2) is 12.1. The maximum absolute atomic E-state index is 13.0. The third kappa shape index (κ3) is 7.68. The molecule has 0 fully saturated rings. The smallest absolute Gasteiger partial charge is 0.303 e. The van der Waals surface area contributed by atoms with E-state index in [1.54, 1.807) is 0 Å². The summed E-state index contributed by atoms with van der Waals surface area (Å²) in [5.74, 6) is -1.39. The maximum atomic E-state index is 13.0. The Morgan fingerprint density at radius 3 is 2.30 bits per heavy atom. The number of carboxylic acid groups (broad SMARTS) is 1. The van der Waals surface area contributed by atoms with Crippen LogP contribution in [0.25, 0.3) is 5.57 Å². The van der Waals surface area contributed by atoms with E-state index in [4.69, 9.17) is 5.11 Å². The topological polar surface area (TPSA) is 66.4 Å². The van der Waals surface area contributed by atoms with Crippen molar-refractivity contribution in [2.45, 2.75) is 25.7 Å². The molecule has 2 N–H and O–H groups in total. The highest BCUT2D eigenvalue weighted by atomic mass is 79.9. The van der Waals surface area contributed by atoms with Gasteiger partial charge in [0.15, 0.2) is 0 Å². The zero-order valence-electron chi connectivity index (χ0n) is 18.1. The fourth-order valence-electron chi connectivity index (χ4n) is 3.43. The lowest BCUT2D eigenvalue weighted by Gasteiger charge is -2.11. The number of carbonyl (C=O) groups excluding carboxylic acids is 1. The number of aliphatic carboxylic acids is 1. The monoisotopic (exact) mass is 509 g/mol. The first-order valence-corrected chi connectivity index (χ1v) is 11.5. The highest BCUT2D eigenvalue weighted by Gasteiger charge is 2.08. The number of amides is 1. The summed E-state index contributed by atoms with van der Waals surface area (Å²) >= 11 is 3.52. The molecule has 6 heteroatoms. The molecule has 170 valence electrons. The third-order valence-electron chi connectivity index (χ3n) is 5.15. The Kier molecular flexibility index (Phi) is 8.95. The minimum Gasteiger partial charge on any atom is -0.481 e. The molecule has 0 bridgehead atoms. The lowest BCUT2D eigenvalue weighted by Crippen LogP contribution is -2.25. The molecule has 1 amide bonds. The van der Waals surface area contributed by atoms with E-state index in [9.17, 15) is 14.0 Å². The van der Waals surface area contributed by atoms with E-state index in [2.05, 4.69) is 27.3 Å². The third-order valence-corrected chi connectivity index (χ3v) is 5.64. The Morgan fingerprint density at radius 2 is 1.64 bits per heavy atom. The van der Waals surface area contributed by atoms with E-state index in [1.807, 2.05) is 48.5 Å². The summed E-state index contributed by atoms with van der Waals surface area (Å²) in [7, 11) is 0. The maximum Gasteiger partial charge on any atom is 0.303 e. The van der Waals surface area contributed by atoms with Crippen LogP contribution >= 0.6 is 15.9 Å². The largest absolute Gasteiger partial charge is 0.481 e. The van der Waals surface area contributed by atoms with E-state index in [-0.39, 0.29) is 18.1 Å². The number of hydrogen-bond acceptors (Lipinski definition) is 2. The van der Waals surface area contributed by atoms with Crippen LogP contribution in [0, 0.1) is 5.82 Å². The van der Waals surface area contributed by atoms with E-state index in [0.717, 1.165) is 26.7 Å². The van der Waals surface area contributed by atoms with Gasteiger partial charge in [-0.15, -0.1) is 0 Å². The highest BCUT2D eigenvalue weighted by Crippen LogP contribution is 2.27. The second-order valence-corrected chi connectivity index (χ2v) is 8.54. The molecule has 0 aliphatic heterocycles. The fourth-order valence-corrected chi connectivity index (χ4v) is 3.83. The van der Waals surface area contributed by atoms with Gasteiger partial charge in [0.2, 0.25) is 0 Å². The van der Waals surface area contributed by atoms with Crippen LogP contribution in [0.3, 0.4) is 0 Å². The second-order valence-electron chi connectivity index (χ2n) is 7.62. The molecular formula is C27H25BrFNO3. The van der Waals surface area contributed by atoms with E-state index >= 15 is 0 Å². The Bertz CT molecular complexity index is 1120. The molecule has 0 aliphatic carbocycles. The number of rotatable bonds is 10. The lowest BCUT2D eigenvalue weighted by atomic mass is 9.95. The summed E-state index contributed by atoms with van der Waals surface area (Å²) in [6, 6.07) is 21.6. The molecule has 0 saturated heterocycles. The first-order valence-electron chi connectivity index (χ1n) is 10.7. The number of unbranched alkanes of at least 4 members (excludes halogenated alkanes) is 1. The van der Waals surface area contributed by atoms with Crippen LogP contribution in [0.15, 0.2) is 83.3 Å². The number of halogens is 2. The quantitative estimate of drug-likeness (QED) is 0.317. The average molecular weight is 510 g/mol. The summed E-state index contributed by atoms with van der Waals surface area (Å²) in [4.78, 5) is 23.0. The van der Waals surface area contributed by atoms with Crippen molar-refractivity contribution >= 4 is 33.4 Å². The van der Waals surface area contributed by atoms with Gasteiger partial charge < -0.3 is 10.4 Å². The predicted molar refractivity (Wildman–Crippen MR) is 132 cm³/mol. The predicted octanol–water partition coefficient (Wildman–Crippen LogP) is 6.25. The summed E-state index contributed by atoms with van der Waals surface area (Å²) in [5.41, 5.74) is 4.66.